The van der Waals surface area contributed by atoms with E-state index in [1.165, 1.54) is 12.1 Å². The Morgan fingerprint density at radius 3 is 2.69 bits per heavy atom. The highest BCUT2D eigenvalue weighted by molar-refractivity contribution is 6.31. The molecule has 0 bridgehead atoms. The Bertz CT molecular complexity index is 377. The van der Waals surface area contributed by atoms with Crippen molar-refractivity contribution in [2.24, 2.45) is 5.73 Å². The van der Waals surface area contributed by atoms with Crippen LogP contribution in [0, 0.1) is 5.82 Å². The third-order valence-corrected chi connectivity index (χ3v) is 3.40. The second kappa shape index (κ2) is 4.70. The molecule has 1 heterocycles. The number of rotatable bonds is 2. The van der Waals surface area contributed by atoms with Crippen LogP contribution in [0.1, 0.15) is 18.4 Å². The van der Waals surface area contributed by atoms with Crippen molar-refractivity contribution in [3.63, 3.8) is 0 Å². The number of hydrogen-bond donors (Lipinski definition) is 1. The smallest absolute Gasteiger partial charge is 0.124 e. The summed E-state index contributed by atoms with van der Waals surface area (Å²) in [6.45, 7) is 1.38. The van der Waals surface area contributed by atoms with E-state index in [1.54, 1.807) is 6.07 Å². The summed E-state index contributed by atoms with van der Waals surface area (Å²) in [6.07, 6.45) is 2.32. The number of benzene rings is 1. The summed E-state index contributed by atoms with van der Waals surface area (Å²) in [7, 11) is 0. The predicted octanol–water partition coefficient (Wildman–Crippen LogP) is 2.53. The molecule has 1 aromatic carbocycles. The van der Waals surface area contributed by atoms with Gasteiger partial charge in [-0.05, 0) is 37.0 Å². The molecule has 0 radical (unpaired) electrons. The molecular formula is C12H15ClFNO. The fraction of sp³-hybridized carbons (Fsp3) is 0.500. The molecule has 0 unspecified atom stereocenters. The monoisotopic (exact) mass is 243 g/mol. The van der Waals surface area contributed by atoms with E-state index >= 15 is 0 Å². The van der Waals surface area contributed by atoms with Crippen LogP contribution in [0.2, 0.25) is 5.02 Å². The highest BCUT2D eigenvalue weighted by atomic mass is 35.5. The minimum absolute atomic E-state index is 0.264. The van der Waals surface area contributed by atoms with Gasteiger partial charge in [0.05, 0.1) is 0 Å². The van der Waals surface area contributed by atoms with Crippen LogP contribution < -0.4 is 5.73 Å². The largest absolute Gasteiger partial charge is 0.381 e. The van der Waals surface area contributed by atoms with Gasteiger partial charge in [0.1, 0.15) is 5.82 Å². The number of halogens is 2. The van der Waals surface area contributed by atoms with Crippen LogP contribution in [0.25, 0.3) is 0 Å². The molecule has 1 aliphatic rings. The summed E-state index contributed by atoms with van der Waals surface area (Å²) in [5, 5.41) is 0.455. The lowest BCUT2D eigenvalue weighted by molar-refractivity contribution is 0.0533. The molecule has 0 amide bonds. The van der Waals surface area contributed by atoms with Gasteiger partial charge in [0.25, 0.3) is 0 Å². The molecule has 1 aliphatic heterocycles. The molecular weight excluding hydrogens is 229 g/mol. The normalized spacial score (nSPS) is 19.7. The zero-order valence-electron chi connectivity index (χ0n) is 9.01. The lowest BCUT2D eigenvalue weighted by Crippen LogP contribution is -2.46. The predicted molar refractivity (Wildman–Crippen MR) is 62.1 cm³/mol. The van der Waals surface area contributed by atoms with Crippen LogP contribution >= 0.6 is 11.6 Å². The van der Waals surface area contributed by atoms with Crippen molar-refractivity contribution >= 4 is 11.6 Å². The van der Waals surface area contributed by atoms with Gasteiger partial charge in [-0.2, -0.15) is 0 Å². The summed E-state index contributed by atoms with van der Waals surface area (Å²) in [6, 6.07) is 4.46. The van der Waals surface area contributed by atoms with Crippen LogP contribution in [-0.4, -0.2) is 18.8 Å². The molecule has 1 saturated heterocycles. The van der Waals surface area contributed by atoms with Gasteiger partial charge in [-0.15, -0.1) is 0 Å². The van der Waals surface area contributed by atoms with Crippen molar-refractivity contribution in [1.82, 2.24) is 0 Å². The Hall–Kier alpha value is -0.640. The third kappa shape index (κ3) is 2.73. The third-order valence-electron chi connectivity index (χ3n) is 3.05. The molecule has 16 heavy (non-hydrogen) atoms. The van der Waals surface area contributed by atoms with E-state index in [4.69, 9.17) is 22.1 Å². The molecule has 4 heteroatoms. The first-order valence-electron chi connectivity index (χ1n) is 5.40. The molecule has 0 saturated carbocycles. The fourth-order valence-corrected chi connectivity index (χ4v) is 2.23. The Morgan fingerprint density at radius 1 is 1.38 bits per heavy atom. The maximum Gasteiger partial charge on any atom is 0.124 e. The molecule has 0 atom stereocenters. The lowest BCUT2D eigenvalue weighted by Gasteiger charge is -2.33. The van der Waals surface area contributed by atoms with Crippen molar-refractivity contribution in [3.8, 4) is 0 Å². The van der Waals surface area contributed by atoms with E-state index < -0.39 is 0 Å². The zero-order valence-corrected chi connectivity index (χ0v) is 9.77. The molecule has 2 nitrogen and oxygen atoms in total. The second-order valence-electron chi connectivity index (χ2n) is 4.39. The van der Waals surface area contributed by atoms with Gasteiger partial charge in [0.2, 0.25) is 0 Å². The standard InChI is InChI=1S/C12H15ClFNO/c13-11-7-10(14)2-1-9(11)8-12(15)3-5-16-6-4-12/h1-2,7H,3-6,8,15H2. The van der Waals surface area contributed by atoms with E-state index in [-0.39, 0.29) is 11.4 Å². The summed E-state index contributed by atoms with van der Waals surface area (Å²) in [4.78, 5) is 0. The van der Waals surface area contributed by atoms with Crippen molar-refractivity contribution in [2.45, 2.75) is 24.8 Å². The van der Waals surface area contributed by atoms with Crippen molar-refractivity contribution < 1.29 is 9.13 Å². The Balaban J connectivity index is 2.13. The van der Waals surface area contributed by atoms with Gasteiger partial charge in [0, 0.05) is 23.8 Å². The average Bonchev–Trinajstić information content (AvgIpc) is 2.23. The van der Waals surface area contributed by atoms with Gasteiger partial charge in [-0.3, -0.25) is 0 Å². The summed E-state index contributed by atoms with van der Waals surface area (Å²) < 4.78 is 18.2. The molecule has 2 rings (SSSR count). The van der Waals surface area contributed by atoms with Crippen LogP contribution in [0.15, 0.2) is 18.2 Å². The van der Waals surface area contributed by atoms with Gasteiger partial charge in [0.15, 0.2) is 0 Å². The quantitative estimate of drug-likeness (QED) is 0.866. The van der Waals surface area contributed by atoms with Gasteiger partial charge >= 0.3 is 0 Å². The highest BCUT2D eigenvalue weighted by Gasteiger charge is 2.28. The van der Waals surface area contributed by atoms with E-state index in [0.29, 0.717) is 24.7 Å². The molecule has 0 aromatic heterocycles. The summed E-state index contributed by atoms with van der Waals surface area (Å²) in [5.41, 5.74) is 6.91. The first kappa shape index (κ1) is 11.8. The first-order valence-corrected chi connectivity index (χ1v) is 5.77. The molecule has 2 N–H and O–H groups in total. The first-order chi connectivity index (χ1) is 7.59. The molecule has 88 valence electrons. The fourth-order valence-electron chi connectivity index (χ4n) is 2.00. The van der Waals surface area contributed by atoms with Crippen molar-refractivity contribution in [1.29, 1.82) is 0 Å². The SMILES string of the molecule is NC1(Cc2ccc(F)cc2Cl)CCOCC1. The maximum atomic E-state index is 12.9. The van der Waals surface area contributed by atoms with E-state index in [2.05, 4.69) is 0 Å². The molecule has 0 spiro atoms. The Kier molecular flexibility index (Phi) is 3.47. The molecule has 0 aliphatic carbocycles. The van der Waals surface area contributed by atoms with Crippen LogP contribution in [0.4, 0.5) is 4.39 Å². The second-order valence-corrected chi connectivity index (χ2v) is 4.79. The van der Waals surface area contributed by atoms with Crippen LogP contribution in [0.3, 0.4) is 0 Å². The number of hydrogen-bond acceptors (Lipinski definition) is 2. The van der Waals surface area contributed by atoms with Crippen LogP contribution in [-0.2, 0) is 11.2 Å². The van der Waals surface area contributed by atoms with E-state index in [0.717, 1.165) is 18.4 Å². The van der Waals surface area contributed by atoms with Crippen LogP contribution in [0.5, 0.6) is 0 Å². The van der Waals surface area contributed by atoms with Crippen molar-refractivity contribution in [3.05, 3.63) is 34.6 Å². The Labute approximate surface area is 99.5 Å². The number of ether oxygens (including phenoxy) is 1. The minimum atomic E-state index is -0.313. The topological polar surface area (TPSA) is 35.2 Å². The summed E-state index contributed by atoms with van der Waals surface area (Å²) in [5.74, 6) is -0.313. The average molecular weight is 244 g/mol. The minimum Gasteiger partial charge on any atom is -0.381 e. The highest BCUT2D eigenvalue weighted by Crippen LogP contribution is 2.26. The van der Waals surface area contributed by atoms with Crippen molar-refractivity contribution in [2.75, 3.05) is 13.2 Å². The number of nitrogens with two attached hydrogens (primary N) is 1. The summed E-state index contributed by atoms with van der Waals surface area (Å²) >= 11 is 5.98. The zero-order chi connectivity index (χ0) is 11.6. The lowest BCUT2D eigenvalue weighted by atomic mass is 9.85. The van der Waals surface area contributed by atoms with Gasteiger partial charge < -0.3 is 10.5 Å². The van der Waals surface area contributed by atoms with Gasteiger partial charge in [-0.1, -0.05) is 17.7 Å². The molecule has 1 fully saturated rings. The Morgan fingerprint density at radius 2 is 2.06 bits per heavy atom. The van der Waals surface area contributed by atoms with E-state index in [1.807, 2.05) is 0 Å². The van der Waals surface area contributed by atoms with Gasteiger partial charge in [-0.25, -0.2) is 4.39 Å². The maximum absolute atomic E-state index is 12.9. The molecule has 1 aromatic rings. The van der Waals surface area contributed by atoms with E-state index in [9.17, 15) is 4.39 Å².